The molecule has 1 heterocycles. The van der Waals surface area contributed by atoms with Gasteiger partial charge in [-0.25, -0.2) is 4.98 Å². The zero-order valence-electron chi connectivity index (χ0n) is 8.49. The topological polar surface area (TPSA) is 54.7 Å². The van der Waals surface area contributed by atoms with Gasteiger partial charge >= 0.3 is 0 Å². The summed E-state index contributed by atoms with van der Waals surface area (Å²) in [5.41, 5.74) is 7.92. The summed E-state index contributed by atoms with van der Waals surface area (Å²) >= 11 is 0. The first-order valence-corrected chi connectivity index (χ1v) is 4.88. The molecule has 0 saturated carbocycles. The predicted molar refractivity (Wildman–Crippen MR) is 58.2 cm³/mol. The third-order valence-electron chi connectivity index (χ3n) is 2.63. The molecule has 2 atom stereocenters. The SMILES string of the molecule is CC(N)C(C)c1nc2ccccc2[nH]1. The molecule has 0 spiro atoms. The Labute approximate surface area is 83.3 Å². The first-order chi connectivity index (χ1) is 6.68. The van der Waals surface area contributed by atoms with Crippen LogP contribution in [0.4, 0.5) is 0 Å². The summed E-state index contributed by atoms with van der Waals surface area (Å²) in [6.45, 7) is 4.08. The second kappa shape index (κ2) is 3.42. The maximum Gasteiger partial charge on any atom is 0.111 e. The Hall–Kier alpha value is -1.35. The molecule has 1 aromatic heterocycles. The van der Waals surface area contributed by atoms with Gasteiger partial charge in [0.15, 0.2) is 0 Å². The zero-order valence-corrected chi connectivity index (χ0v) is 8.49. The van der Waals surface area contributed by atoms with Crippen molar-refractivity contribution in [1.29, 1.82) is 0 Å². The van der Waals surface area contributed by atoms with Gasteiger partial charge < -0.3 is 10.7 Å². The van der Waals surface area contributed by atoms with E-state index in [1.54, 1.807) is 0 Å². The van der Waals surface area contributed by atoms with Gasteiger partial charge in [0.25, 0.3) is 0 Å². The Morgan fingerprint density at radius 2 is 2.00 bits per heavy atom. The maximum absolute atomic E-state index is 5.83. The minimum Gasteiger partial charge on any atom is -0.342 e. The van der Waals surface area contributed by atoms with Crippen LogP contribution in [-0.4, -0.2) is 16.0 Å². The van der Waals surface area contributed by atoms with Crippen LogP contribution in [0.25, 0.3) is 11.0 Å². The monoisotopic (exact) mass is 189 g/mol. The van der Waals surface area contributed by atoms with Crippen molar-refractivity contribution in [2.45, 2.75) is 25.8 Å². The Morgan fingerprint density at radius 1 is 1.29 bits per heavy atom. The average molecular weight is 189 g/mol. The number of aromatic amines is 1. The summed E-state index contributed by atoms with van der Waals surface area (Å²) < 4.78 is 0. The molecule has 3 nitrogen and oxygen atoms in total. The fourth-order valence-electron chi connectivity index (χ4n) is 1.44. The molecular formula is C11H15N3. The first kappa shape index (κ1) is 9.21. The van der Waals surface area contributed by atoms with E-state index in [1.807, 2.05) is 31.2 Å². The van der Waals surface area contributed by atoms with E-state index in [-0.39, 0.29) is 12.0 Å². The van der Waals surface area contributed by atoms with E-state index in [9.17, 15) is 0 Å². The van der Waals surface area contributed by atoms with Crippen molar-refractivity contribution in [3.8, 4) is 0 Å². The van der Waals surface area contributed by atoms with Gasteiger partial charge in [-0.15, -0.1) is 0 Å². The van der Waals surface area contributed by atoms with Crippen LogP contribution in [0.15, 0.2) is 24.3 Å². The molecule has 2 rings (SSSR count). The smallest absolute Gasteiger partial charge is 0.111 e. The number of nitrogens with one attached hydrogen (secondary N) is 1. The van der Waals surface area contributed by atoms with E-state index in [0.29, 0.717) is 0 Å². The minimum atomic E-state index is 0.121. The van der Waals surface area contributed by atoms with Crippen molar-refractivity contribution in [2.75, 3.05) is 0 Å². The molecule has 0 bridgehead atoms. The number of hydrogen-bond donors (Lipinski definition) is 2. The lowest BCUT2D eigenvalue weighted by atomic mass is 10.0. The van der Waals surface area contributed by atoms with Gasteiger partial charge in [0, 0.05) is 12.0 Å². The van der Waals surface area contributed by atoms with Gasteiger partial charge in [0.2, 0.25) is 0 Å². The molecular weight excluding hydrogens is 174 g/mol. The predicted octanol–water partition coefficient (Wildman–Crippen LogP) is 2.01. The van der Waals surface area contributed by atoms with Crippen molar-refractivity contribution >= 4 is 11.0 Å². The Balaban J connectivity index is 2.45. The number of imidazole rings is 1. The molecule has 14 heavy (non-hydrogen) atoms. The number of nitrogens with two attached hydrogens (primary N) is 1. The fourth-order valence-corrected chi connectivity index (χ4v) is 1.44. The van der Waals surface area contributed by atoms with Crippen LogP contribution in [0, 0.1) is 0 Å². The van der Waals surface area contributed by atoms with E-state index >= 15 is 0 Å². The quantitative estimate of drug-likeness (QED) is 0.759. The number of aromatic nitrogens is 2. The lowest BCUT2D eigenvalue weighted by molar-refractivity contribution is 0.588. The van der Waals surface area contributed by atoms with Crippen LogP contribution >= 0.6 is 0 Å². The largest absolute Gasteiger partial charge is 0.342 e. The van der Waals surface area contributed by atoms with Crippen molar-refractivity contribution < 1.29 is 0 Å². The summed E-state index contributed by atoms with van der Waals surface area (Å²) in [5, 5.41) is 0. The van der Waals surface area contributed by atoms with E-state index in [2.05, 4.69) is 16.9 Å². The first-order valence-electron chi connectivity index (χ1n) is 4.88. The van der Waals surface area contributed by atoms with Crippen LogP contribution in [0.5, 0.6) is 0 Å². The molecule has 3 N–H and O–H groups in total. The van der Waals surface area contributed by atoms with Gasteiger partial charge in [0.05, 0.1) is 11.0 Å². The second-order valence-corrected chi connectivity index (χ2v) is 3.79. The highest BCUT2D eigenvalue weighted by molar-refractivity contribution is 5.74. The van der Waals surface area contributed by atoms with Crippen molar-refractivity contribution in [2.24, 2.45) is 5.73 Å². The van der Waals surface area contributed by atoms with E-state index in [0.717, 1.165) is 16.9 Å². The molecule has 0 aliphatic heterocycles. The number of hydrogen-bond acceptors (Lipinski definition) is 2. The number of H-pyrrole nitrogens is 1. The Kier molecular flexibility index (Phi) is 2.25. The van der Waals surface area contributed by atoms with E-state index in [1.165, 1.54) is 0 Å². The highest BCUT2D eigenvalue weighted by Crippen LogP contribution is 2.18. The highest BCUT2D eigenvalue weighted by atomic mass is 14.9. The molecule has 0 aliphatic rings. The lowest BCUT2D eigenvalue weighted by Crippen LogP contribution is -2.23. The average Bonchev–Trinajstić information content (AvgIpc) is 2.59. The summed E-state index contributed by atoms with van der Waals surface area (Å²) in [4.78, 5) is 7.78. The molecule has 74 valence electrons. The van der Waals surface area contributed by atoms with Crippen molar-refractivity contribution in [3.05, 3.63) is 30.1 Å². The highest BCUT2D eigenvalue weighted by Gasteiger charge is 2.13. The molecule has 3 heteroatoms. The van der Waals surface area contributed by atoms with Gasteiger partial charge in [-0.1, -0.05) is 19.1 Å². The molecule has 0 fully saturated rings. The van der Waals surface area contributed by atoms with Gasteiger partial charge in [0.1, 0.15) is 5.82 Å². The van der Waals surface area contributed by atoms with Crippen molar-refractivity contribution in [3.63, 3.8) is 0 Å². The van der Waals surface area contributed by atoms with Crippen LogP contribution in [0.2, 0.25) is 0 Å². The fraction of sp³-hybridized carbons (Fsp3) is 0.364. The maximum atomic E-state index is 5.83. The molecule has 0 saturated heterocycles. The number of nitrogens with zero attached hydrogens (tertiary/aromatic N) is 1. The Bertz CT molecular complexity index is 398. The van der Waals surface area contributed by atoms with Crippen LogP contribution < -0.4 is 5.73 Å². The summed E-state index contributed by atoms with van der Waals surface area (Å²) in [7, 11) is 0. The van der Waals surface area contributed by atoms with Crippen molar-refractivity contribution in [1.82, 2.24) is 9.97 Å². The van der Waals surface area contributed by atoms with Gasteiger partial charge in [-0.2, -0.15) is 0 Å². The summed E-state index contributed by atoms with van der Waals surface area (Å²) in [6, 6.07) is 8.14. The number of fused-ring (bicyclic) bond motifs is 1. The normalized spacial score (nSPS) is 15.6. The van der Waals surface area contributed by atoms with Gasteiger partial charge in [-0.3, -0.25) is 0 Å². The van der Waals surface area contributed by atoms with E-state index in [4.69, 9.17) is 5.73 Å². The summed E-state index contributed by atoms with van der Waals surface area (Å²) in [5.74, 6) is 1.24. The van der Waals surface area contributed by atoms with Gasteiger partial charge in [-0.05, 0) is 19.1 Å². The summed E-state index contributed by atoms with van der Waals surface area (Å²) in [6.07, 6.45) is 0. The molecule has 0 amide bonds. The van der Waals surface area contributed by atoms with Crippen LogP contribution in [0.3, 0.4) is 0 Å². The molecule has 0 aliphatic carbocycles. The zero-order chi connectivity index (χ0) is 10.1. The third kappa shape index (κ3) is 1.51. The standard InChI is InChI=1S/C11H15N3/c1-7(8(2)12)11-13-9-5-3-4-6-10(9)14-11/h3-8H,12H2,1-2H3,(H,13,14). The number of rotatable bonds is 2. The second-order valence-electron chi connectivity index (χ2n) is 3.79. The lowest BCUT2D eigenvalue weighted by Gasteiger charge is -2.11. The molecule has 0 radical (unpaired) electrons. The Morgan fingerprint density at radius 3 is 2.64 bits per heavy atom. The molecule has 1 aromatic carbocycles. The number of para-hydroxylation sites is 2. The molecule has 2 aromatic rings. The third-order valence-corrected chi connectivity index (χ3v) is 2.63. The van der Waals surface area contributed by atoms with Crippen LogP contribution in [0.1, 0.15) is 25.6 Å². The minimum absolute atomic E-state index is 0.121. The van der Waals surface area contributed by atoms with Crippen LogP contribution in [-0.2, 0) is 0 Å². The number of benzene rings is 1. The van der Waals surface area contributed by atoms with E-state index < -0.39 is 0 Å². The molecule has 2 unspecified atom stereocenters.